The van der Waals surface area contributed by atoms with Crippen LogP contribution in [-0.2, 0) is 16.0 Å². The minimum absolute atomic E-state index is 0.230. The molecule has 132 valence electrons. The van der Waals surface area contributed by atoms with Gasteiger partial charge in [-0.3, -0.25) is 9.59 Å². The van der Waals surface area contributed by atoms with Crippen LogP contribution < -0.4 is 14.2 Å². The summed E-state index contributed by atoms with van der Waals surface area (Å²) < 4.78 is 17.2. The highest BCUT2D eigenvalue weighted by molar-refractivity contribution is 5.99. The fourth-order valence-electron chi connectivity index (χ4n) is 3.04. The molecule has 2 aromatic rings. The third kappa shape index (κ3) is 3.31. The number of ether oxygens (including phenoxy) is 3. The Bertz CT molecular complexity index is 851. The molecule has 1 aliphatic heterocycles. The molecule has 0 saturated heterocycles. The fourth-order valence-corrected chi connectivity index (χ4v) is 3.04. The van der Waals surface area contributed by atoms with Crippen molar-refractivity contribution in [3.05, 3.63) is 29.8 Å². The molecular weight excluding hydrogens is 320 g/mol. The zero-order valence-corrected chi connectivity index (χ0v) is 15.0. The van der Waals surface area contributed by atoms with E-state index in [1.165, 1.54) is 6.92 Å². The molecule has 0 spiro atoms. The van der Waals surface area contributed by atoms with Crippen LogP contribution in [-0.4, -0.2) is 17.5 Å². The van der Waals surface area contributed by atoms with E-state index in [2.05, 4.69) is 0 Å². The van der Waals surface area contributed by atoms with Gasteiger partial charge in [-0.2, -0.15) is 0 Å². The van der Waals surface area contributed by atoms with Crippen LogP contribution >= 0.6 is 0 Å². The van der Waals surface area contributed by atoms with Crippen molar-refractivity contribution < 1.29 is 23.8 Å². The van der Waals surface area contributed by atoms with Gasteiger partial charge in [0, 0.05) is 29.7 Å². The lowest BCUT2D eigenvalue weighted by molar-refractivity contribution is -0.136. The number of fused-ring (bicyclic) bond motifs is 3. The van der Waals surface area contributed by atoms with Gasteiger partial charge in [-0.1, -0.05) is 31.2 Å². The van der Waals surface area contributed by atoms with E-state index >= 15 is 0 Å². The Morgan fingerprint density at radius 3 is 2.44 bits per heavy atom. The second-order valence-electron chi connectivity index (χ2n) is 6.79. The predicted molar refractivity (Wildman–Crippen MR) is 94.2 cm³/mol. The van der Waals surface area contributed by atoms with Crippen LogP contribution in [0.25, 0.3) is 10.8 Å². The van der Waals surface area contributed by atoms with Crippen molar-refractivity contribution in [3.8, 4) is 17.2 Å². The molecule has 0 N–H and O–H groups in total. The molecule has 3 rings (SSSR count). The van der Waals surface area contributed by atoms with E-state index in [0.717, 1.165) is 17.4 Å². The maximum atomic E-state index is 12.0. The van der Waals surface area contributed by atoms with Crippen LogP contribution in [0.5, 0.6) is 17.2 Å². The monoisotopic (exact) mass is 342 g/mol. The predicted octanol–water partition coefficient (Wildman–Crippen LogP) is 4.18. The Kier molecular flexibility index (Phi) is 4.41. The van der Waals surface area contributed by atoms with Gasteiger partial charge in [-0.05, 0) is 26.7 Å². The van der Waals surface area contributed by atoms with Gasteiger partial charge in [-0.25, -0.2) is 0 Å². The summed E-state index contributed by atoms with van der Waals surface area (Å²) in [4.78, 5) is 23.6. The van der Waals surface area contributed by atoms with Gasteiger partial charge in [0.25, 0.3) is 0 Å². The summed E-state index contributed by atoms with van der Waals surface area (Å²) in [5.41, 5.74) is 0.459. The molecule has 5 heteroatoms. The molecule has 0 fully saturated rings. The van der Waals surface area contributed by atoms with Gasteiger partial charge < -0.3 is 14.2 Å². The number of benzene rings is 2. The first-order chi connectivity index (χ1) is 11.8. The quantitative estimate of drug-likeness (QED) is 0.618. The van der Waals surface area contributed by atoms with Crippen LogP contribution in [0.4, 0.5) is 0 Å². The zero-order valence-electron chi connectivity index (χ0n) is 15.0. The van der Waals surface area contributed by atoms with Crippen molar-refractivity contribution in [1.29, 1.82) is 0 Å². The topological polar surface area (TPSA) is 61.8 Å². The lowest BCUT2D eigenvalue weighted by atomic mass is 9.91. The lowest BCUT2D eigenvalue weighted by Gasteiger charge is -2.34. The third-order valence-corrected chi connectivity index (χ3v) is 4.28. The fraction of sp³-hybridized carbons (Fsp3) is 0.400. The van der Waals surface area contributed by atoms with Crippen LogP contribution in [0.1, 0.15) is 46.1 Å². The summed E-state index contributed by atoms with van der Waals surface area (Å²) in [6, 6.07) is 7.51. The summed E-state index contributed by atoms with van der Waals surface area (Å²) in [7, 11) is 0. The minimum atomic E-state index is -0.462. The van der Waals surface area contributed by atoms with Crippen molar-refractivity contribution in [1.82, 2.24) is 0 Å². The summed E-state index contributed by atoms with van der Waals surface area (Å²) >= 11 is 0. The van der Waals surface area contributed by atoms with Crippen molar-refractivity contribution in [2.45, 2.75) is 52.6 Å². The normalized spacial score (nSPS) is 15.2. The Morgan fingerprint density at radius 1 is 1.12 bits per heavy atom. The van der Waals surface area contributed by atoms with E-state index in [-0.39, 0.29) is 23.7 Å². The van der Waals surface area contributed by atoms with Crippen LogP contribution in [0.15, 0.2) is 24.3 Å². The van der Waals surface area contributed by atoms with Crippen molar-refractivity contribution >= 4 is 22.7 Å². The highest BCUT2D eigenvalue weighted by atomic mass is 16.6. The van der Waals surface area contributed by atoms with Gasteiger partial charge in [0.15, 0.2) is 11.5 Å². The summed E-state index contributed by atoms with van der Waals surface area (Å²) in [5, 5.41) is 1.53. The van der Waals surface area contributed by atoms with Gasteiger partial charge in [-0.15, -0.1) is 0 Å². The molecule has 0 aromatic heterocycles. The van der Waals surface area contributed by atoms with Crippen molar-refractivity contribution in [3.63, 3.8) is 0 Å². The zero-order chi connectivity index (χ0) is 18.2. The molecular formula is C20H22O5. The van der Waals surface area contributed by atoms with Crippen molar-refractivity contribution in [2.24, 2.45) is 0 Å². The van der Waals surface area contributed by atoms with E-state index < -0.39 is 5.97 Å². The second-order valence-corrected chi connectivity index (χ2v) is 6.79. The van der Waals surface area contributed by atoms with E-state index in [9.17, 15) is 9.59 Å². The first kappa shape index (κ1) is 17.3. The Balaban J connectivity index is 2.32. The number of hydrogen-bond acceptors (Lipinski definition) is 5. The Hall–Kier alpha value is -2.56. The summed E-state index contributed by atoms with van der Waals surface area (Å²) in [6.45, 7) is 7.12. The number of hydrogen-bond donors (Lipinski definition) is 0. The molecule has 0 radical (unpaired) electrons. The van der Waals surface area contributed by atoms with Crippen LogP contribution in [0, 0.1) is 0 Å². The van der Waals surface area contributed by atoms with E-state index in [1.54, 1.807) is 6.92 Å². The molecule has 25 heavy (non-hydrogen) atoms. The maximum absolute atomic E-state index is 12.0. The average Bonchev–Trinajstić information content (AvgIpc) is 2.56. The summed E-state index contributed by atoms with van der Waals surface area (Å²) in [5.74, 6) is 0.437. The molecule has 1 aliphatic rings. The molecule has 0 bridgehead atoms. The molecule has 0 unspecified atom stereocenters. The SMILES string of the molecule is CCC(=O)Oc1c2c(c3ccccc3c1OC(C)=O)OC(C)(C)CC2. The number of carbonyl (C=O) groups is 2. The summed E-state index contributed by atoms with van der Waals surface area (Å²) in [6.07, 6.45) is 1.68. The number of rotatable bonds is 3. The van der Waals surface area contributed by atoms with Crippen LogP contribution in [0.2, 0.25) is 0 Å². The largest absolute Gasteiger partial charge is 0.487 e. The smallest absolute Gasteiger partial charge is 0.311 e. The Labute approximate surface area is 146 Å². The molecule has 1 heterocycles. The van der Waals surface area contributed by atoms with E-state index in [4.69, 9.17) is 14.2 Å². The van der Waals surface area contributed by atoms with E-state index in [0.29, 0.717) is 23.3 Å². The first-order valence-electron chi connectivity index (χ1n) is 8.48. The average molecular weight is 342 g/mol. The van der Waals surface area contributed by atoms with Gasteiger partial charge in [0.2, 0.25) is 0 Å². The molecule has 2 aromatic carbocycles. The lowest BCUT2D eigenvalue weighted by Crippen LogP contribution is -2.33. The molecule has 0 amide bonds. The third-order valence-electron chi connectivity index (χ3n) is 4.28. The number of carbonyl (C=O) groups excluding carboxylic acids is 2. The highest BCUT2D eigenvalue weighted by Crippen LogP contribution is 2.50. The highest BCUT2D eigenvalue weighted by Gasteiger charge is 2.33. The molecule has 0 saturated carbocycles. The van der Waals surface area contributed by atoms with Gasteiger partial charge in [0.05, 0.1) is 0 Å². The maximum Gasteiger partial charge on any atom is 0.311 e. The molecule has 5 nitrogen and oxygen atoms in total. The van der Waals surface area contributed by atoms with Crippen molar-refractivity contribution in [2.75, 3.05) is 0 Å². The van der Waals surface area contributed by atoms with Crippen LogP contribution in [0.3, 0.4) is 0 Å². The minimum Gasteiger partial charge on any atom is -0.487 e. The number of esters is 2. The molecule has 0 aliphatic carbocycles. The van der Waals surface area contributed by atoms with E-state index in [1.807, 2.05) is 38.1 Å². The van der Waals surface area contributed by atoms with Gasteiger partial charge in [0.1, 0.15) is 11.4 Å². The standard InChI is InChI=1S/C20H22O5/c1-5-16(22)24-19-15-10-11-20(3,4)25-17(15)13-8-6-7-9-14(13)18(19)23-12(2)21/h6-9H,5,10-11H2,1-4H3. The second kappa shape index (κ2) is 6.39. The molecule has 0 atom stereocenters. The first-order valence-corrected chi connectivity index (χ1v) is 8.48. The van der Waals surface area contributed by atoms with Gasteiger partial charge >= 0.3 is 11.9 Å². The Morgan fingerprint density at radius 2 is 1.80 bits per heavy atom.